The molecule has 2 saturated heterocycles. The molecule has 1 amide bonds. The van der Waals surface area contributed by atoms with Crippen LogP contribution in [0.4, 0.5) is 11.4 Å². The Bertz CT molecular complexity index is 1010. The van der Waals surface area contributed by atoms with E-state index in [4.69, 9.17) is 9.15 Å². The van der Waals surface area contributed by atoms with Crippen LogP contribution in [-0.4, -0.2) is 64.6 Å². The molecular formula is C22H30N4O5S. The number of hydrogen-bond donors (Lipinski definition) is 2. The normalized spacial score (nSPS) is 18.6. The van der Waals surface area contributed by atoms with Gasteiger partial charge in [-0.3, -0.25) is 10.1 Å². The van der Waals surface area contributed by atoms with E-state index in [1.165, 1.54) is 4.31 Å². The van der Waals surface area contributed by atoms with Crippen LogP contribution in [-0.2, 0) is 19.6 Å². The number of benzene rings is 1. The first kappa shape index (κ1) is 22.8. The van der Waals surface area contributed by atoms with Gasteiger partial charge >= 0.3 is 0 Å². The van der Waals surface area contributed by atoms with Gasteiger partial charge in [-0.05, 0) is 50.1 Å². The Labute approximate surface area is 188 Å². The number of furan rings is 1. The van der Waals surface area contributed by atoms with Crippen molar-refractivity contribution in [2.75, 3.05) is 56.2 Å². The predicted octanol–water partition coefficient (Wildman–Crippen LogP) is 2.19. The van der Waals surface area contributed by atoms with Crippen molar-refractivity contribution < 1.29 is 22.4 Å². The van der Waals surface area contributed by atoms with Gasteiger partial charge in [-0.1, -0.05) is 0 Å². The first-order valence-corrected chi connectivity index (χ1v) is 12.4. The summed E-state index contributed by atoms with van der Waals surface area (Å²) in [5, 5.41) is 6.05. The van der Waals surface area contributed by atoms with Gasteiger partial charge in [-0.15, -0.1) is 0 Å². The van der Waals surface area contributed by atoms with Crippen LogP contribution in [0.2, 0.25) is 0 Å². The van der Waals surface area contributed by atoms with Crippen molar-refractivity contribution in [3.05, 3.63) is 42.4 Å². The molecule has 2 aliphatic rings. The van der Waals surface area contributed by atoms with Gasteiger partial charge in [0, 0.05) is 26.2 Å². The summed E-state index contributed by atoms with van der Waals surface area (Å²) in [5.41, 5.74) is 1.36. The molecule has 9 nitrogen and oxygen atoms in total. The van der Waals surface area contributed by atoms with Crippen LogP contribution in [0.1, 0.15) is 31.6 Å². The molecule has 174 valence electrons. The summed E-state index contributed by atoms with van der Waals surface area (Å²) in [6.45, 7) is 5.17. The quantitative estimate of drug-likeness (QED) is 0.620. The van der Waals surface area contributed by atoms with E-state index in [2.05, 4.69) is 15.5 Å². The average molecular weight is 463 g/mol. The van der Waals surface area contributed by atoms with E-state index < -0.39 is 10.0 Å². The first-order valence-electron chi connectivity index (χ1n) is 11.0. The Morgan fingerprint density at radius 1 is 1.12 bits per heavy atom. The largest absolute Gasteiger partial charge is 0.468 e. The van der Waals surface area contributed by atoms with Crippen LogP contribution >= 0.6 is 0 Å². The minimum atomic E-state index is -3.66. The second-order valence-electron chi connectivity index (χ2n) is 8.06. The molecule has 32 heavy (non-hydrogen) atoms. The monoisotopic (exact) mass is 462 g/mol. The van der Waals surface area contributed by atoms with Crippen molar-refractivity contribution in [2.45, 2.75) is 30.7 Å². The number of carbonyl (C=O) groups is 1. The number of carbonyl (C=O) groups excluding carboxylic acids is 1. The molecule has 3 heterocycles. The van der Waals surface area contributed by atoms with E-state index in [0.29, 0.717) is 32.0 Å². The van der Waals surface area contributed by atoms with Gasteiger partial charge in [-0.25, -0.2) is 8.42 Å². The minimum absolute atomic E-state index is 0.0712. The lowest BCUT2D eigenvalue weighted by molar-refractivity contribution is -0.115. The van der Waals surface area contributed by atoms with E-state index >= 15 is 0 Å². The van der Waals surface area contributed by atoms with Crippen molar-refractivity contribution in [1.29, 1.82) is 0 Å². The fraction of sp³-hybridized carbons (Fsp3) is 0.500. The van der Waals surface area contributed by atoms with E-state index in [-0.39, 0.29) is 23.4 Å². The zero-order valence-corrected chi connectivity index (χ0v) is 19.1. The number of sulfonamides is 1. The lowest BCUT2D eigenvalue weighted by atomic mass is 10.2. The average Bonchev–Trinajstić information content (AvgIpc) is 3.52. The molecule has 4 rings (SSSR count). The molecule has 0 aliphatic carbocycles. The third kappa shape index (κ3) is 5.15. The van der Waals surface area contributed by atoms with Gasteiger partial charge in [0.2, 0.25) is 15.9 Å². The maximum Gasteiger partial charge on any atom is 0.243 e. The molecule has 1 aromatic carbocycles. The number of amides is 1. The van der Waals surface area contributed by atoms with E-state index in [1.807, 2.05) is 13.0 Å². The number of rotatable bonds is 8. The van der Waals surface area contributed by atoms with Gasteiger partial charge < -0.3 is 19.4 Å². The number of nitrogens with zero attached hydrogens (tertiary/aromatic N) is 2. The number of ether oxygens (including phenoxy) is 1. The van der Waals surface area contributed by atoms with E-state index in [1.54, 1.807) is 30.5 Å². The molecule has 0 bridgehead atoms. The molecule has 2 aromatic rings. The van der Waals surface area contributed by atoms with Crippen molar-refractivity contribution >= 4 is 27.3 Å². The van der Waals surface area contributed by atoms with Crippen LogP contribution in [0.3, 0.4) is 0 Å². The molecular weight excluding hydrogens is 432 g/mol. The second-order valence-corrected chi connectivity index (χ2v) is 9.99. The molecule has 0 radical (unpaired) electrons. The third-order valence-corrected chi connectivity index (χ3v) is 7.73. The summed E-state index contributed by atoms with van der Waals surface area (Å²) in [6, 6.07) is 8.53. The Balaban J connectivity index is 1.52. The molecule has 10 heteroatoms. The Morgan fingerprint density at radius 3 is 2.56 bits per heavy atom. The highest BCUT2D eigenvalue weighted by Crippen LogP contribution is 2.32. The van der Waals surface area contributed by atoms with Gasteiger partial charge in [0.05, 0.1) is 48.3 Å². The van der Waals surface area contributed by atoms with Gasteiger partial charge in [0.1, 0.15) is 5.76 Å². The SMILES string of the molecule is C[C@H](NCC(=O)Nc1cc(S(=O)(=O)N2CCOCC2)ccc1N1CCCC1)c1ccco1. The zero-order valence-electron chi connectivity index (χ0n) is 18.2. The fourth-order valence-corrected chi connectivity index (χ4v) is 5.46. The molecule has 2 N–H and O–H groups in total. The standard InChI is InChI=1S/C22H30N4O5S/c1-17(21-5-4-12-31-21)23-16-22(27)24-19-15-18(6-7-20(19)25-8-2-3-9-25)32(28,29)26-10-13-30-14-11-26/h4-7,12,15,17,23H,2-3,8-11,13-14,16H2,1H3,(H,24,27)/t17-/m0/s1. The summed E-state index contributed by atoms with van der Waals surface area (Å²) in [4.78, 5) is 15.1. The molecule has 0 spiro atoms. The highest BCUT2D eigenvalue weighted by Gasteiger charge is 2.28. The number of nitrogens with one attached hydrogen (secondary N) is 2. The number of hydrogen-bond acceptors (Lipinski definition) is 7. The topological polar surface area (TPSA) is 104 Å². The Morgan fingerprint density at radius 2 is 1.88 bits per heavy atom. The summed E-state index contributed by atoms with van der Waals surface area (Å²) in [5.74, 6) is 0.499. The molecule has 1 atom stereocenters. The van der Waals surface area contributed by atoms with Crippen LogP contribution in [0.15, 0.2) is 45.9 Å². The zero-order chi connectivity index (χ0) is 22.6. The second kappa shape index (κ2) is 10.0. The summed E-state index contributed by atoms with van der Waals surface area (Å²) >= 11 is 0. The number of morpholine rings is 1. The molecule has 2 fully saturated rings. The molecule has 0 unspecified atom stereocenters. The van der Waals surface area contributed by atoms with Gasteiger partial charge in [0.25, 0.3) is 0 Å². The van der Waals surface area contributed by atoms with E-state index in [9.17, 15) is 13.2 Å². The van der Waals surface area contributed by atoms with Crippen molar-refractivity contribution in [2.24, 2.45) is 0 Å². The van der Waals surface area contributed by atoms with Crippen molar-refractivity contribution in [3.63, 3.8) is 0 Å². The molecule has 0 saturated carbocycles. The predicted molar refractivity (Wildman–Crippen MR) is 121 cm³/mol. The van der Waals surface area contributed by atoms with Crippen molar-refractivity contribution in [1.82, 2.24) is 9.62 Å². The summed E-state index contributed by atoms with van der Waals surface area (Å²) in [6.07, 6.45) is 3.74. The van der Waals surface area contributed by atoms with Gasteiger partial charge in [0.15, 0.2) is 0 Å². The smallest absolute Gasteiger partial charge is 0.243 e. The van der Waals surface area contributed by atoms with Crippen LogP contribution in [0.5, 0.6) is 0 Å². The summed E-state index contributed by atoms with van der Waals surface area (Å²) < 4.78 is 38.3. The Kier molecular flexibility index (Phi) is 7.14. The van der Waals surface area contributed by atoms with Crippen molar-refractivity contribution in [3.8, 4) is 0 Å². The van der Waals surface area contributed by atoms with Gasteiger partial charge in [-0.2, -0.15) is 4.31 Å². The first-order chi connectivity index (χ1) is 15.4. The number of anilines is 2. The third-order valence-electron chi connectivity index (χ3n) is 5.84. The highest BCUT2D eigenvalue weighted by molar-refractivity contribution is 7.89. The molecule has 1 aromatic heterocycles. The summed E-state index contributed by atoms with van der Waals surface area (Å²) in [7, 11) is -3.66. The Hall–Kier alpha value is -2.40. The lowest BCUT2D eigenvalue weighted by Gasteiger charge is -2.27. The van der Waals surface area contributed by atoms with E-state index in [0.717, 1.165) is 37.4 Å². The molecule has 2 aliphatic heterocycles. The maximum atomic E-state index is 13.1. The minimum Gasteiger partial charge on any atom is -0.468 e. The maximum absolute atomic E-state index is 13.1. The van der Waals surface area contributed by atoms with Crippen LogP contribution in [0, 0.1) is 0 Å². The van der Waals surface area contributed by atoms with Crippen LogP contribution in [0.25, 0.3) is 0 Å². The lowest BCUT2D eigenvalue weighted by Crippen LogP contribution is -2.40. The highest BCUT2D eigenvalue weighted by atomic mass is 32.2. The fourth-order valence-electron chi connectivity index (χ4n) is 4.02. The van der Waals surface area contributed by atoms with Crippen LogP contribution < -0.4 is 15.5 Å².